The van der Waals surface area contributed by atoms with Crippen LogP contribution in [0.15, 0.2) is 29.6 Å². The van der Waals surface area contributed by atoms with Crippen molar-refractivity contribution < 1.29 is 4.39 Å². The van der Waals surface area contributed by atoms with Gasteiger partial charge in [-0.1, -0.05) is 6.42 Å². The Bertz CT molecular complexity index is 631. The van der Waals surface area contributed by atoms with Crippen molar-refractivity contribution in [3.63, 3.8) is 0 Å². The minimum atomic E-state index is -0.211. The lowest BCUT2D eigenvalue weighted by atomic mass is 10.0. The third kappa shape index (κ3) is 2.02. The molecule has 1 aromatic heterocycles. The van der Waals surface area contributed by atoms with Gasteiger partial charge in [-0.05, 0) is 49.3 Å². The molecule has 3 unspecified atom stereocenters. The van der Waals surface area contributed by atoms with E-state index in [4.69, 9.17) is 0 Å². The molecule has 2 aromatic rings. The maximum absolute atomic E-state index is 13.4. The van der Waals surface area contributed by atoms with E-state index in [0.717, 1.165) is 27.8 Å². The van der Waals surface area contributed by atoms with Crippen molar-refractivity contribution >= 4 is 22.7 Å². The zero-order valence-electron chi connectivity index (χ0n) is 10.6. The minimum Gasteiger partial charge on any atom is -0.236 e. The van der Waals surface area contributed by atoms with Crippen molar-refractivity contribution in [2.75, 3.05) is 0 Å². The fraction of sp³-hybridized carbons (Fsp3) is 0.467. The lowest BCUT2D eigenvalue weighted by Gasteiger charge is -2.20. The number of nitrogens with zero attached hydrogens (tertiary/aromatic N) is 2. The predicted molar refractivity (Wildman–Crippen MR) is 74.6 cm³/mol. The molecule has 1 heterocycles. The quantitative estimate of drug-likeness (QED) is 0.773. The Balaban J connectivity index is 1.69. The lowest BCUT2D eigenvalue weighted by Crippen LogP contribution is -2.12. The van der Waals surface area contributed by atoms with E-state index in [1.165, 1.54) is 31.7 Å². The van der Waals surface area contributed by atoms with Gasteiger partial charge in [0, 0.05) is 10.6 Å². The maximum atomic E-state index is 13.4. The Kier molecular flexibility index (Phi) is 2.72. The normalized spacial score (nSPS) is 29.2. The standard InChI is InChI=1S/C15H15FN2S/c16-11-3-4-13-12(7-11)15(18-8-17-13)19-14-6-9-1-2-10(14)5-9/h3-4,7-10,14H,1-2,5-6H2. The zero-order valence-corrected chi connectivity index (χ0v) is 11.4. The van der Waals surface area contributed by atoms with E-state index in [1.54, 1.807) is 18.5 Å². The van der Waals surface area contributed by atoms with Gasteiger partial charge in [0.05, 0.1) is 5.52 Å². The van der Waals surface area contributed by atoms with Crippen LogP contribution in [0.25, 0.3) is 10.9 Å². The number of fused-ring (bicyclic) bond motifs is 3. The molecular formula is C15H15FN2S. The van der Waals surface area contributed by atoms with E-state index in [9.17, 15) is 4.39 Å². The molecule has 0 radical (unpaired) electrons. The summed E-state index contributed by atoms with van der Waals surface area (Å²) in [4.78, 5) is 8.59. The molecule has 2 nitrogen and oxygen atoms in total. The summed E-state index contributed by atoms with van der Waals surface area (Å²) >= 11 is 1.83. The summed E-state index contributed by atoms with van der Waals surface area (Å²) in [7, 11) is 0. The average molecular weight is 274 g/mol. The highest BCUT2D eigenvalue weighted by Crippen LogP contribution is 2.51. The van der Waals surface area contributed by atoms with Crippen LogP contribution in [0.4, 0.5) is 4.39 Å². The van der Waals surface area contributed by atoms with Crippen molar-refractivity contribution in [2.45, 2.75) is 36.0 Å². The zero-order chi connectivity index (χ0) is 12.8. The first-order valence-corrected chi connectivity index (χ1v) is 7.74. The highest BCUT2D eigenvalue weighted by atomic mass is 32.2. The number of hydrogen-bond acceptors (Lipinski definition) is 3. The Morgan fingerprint density at radius 3 is 2.89 bits per heavy atom. The maximum Gasteiger partial charge on any atom is 0.124 e. The summed E-state index contributed by atoms with van der Waals surface area (Å²) in [6.45, 7) is 0. The fourth-order valence-corrected chi connectivity index (χ4v) is 5.07. The molecule has 0 aliphatic heterocycles. The molecule has 4 heteroatoms. The predicted octanol–water partition coefficient (Wildman–Crippen LogP) is 4.05. The highest BCUT2D eigenvalue weighted by Gasteiger charge is 2.40. The highest BCUT2D eigenvalue weighted by molar-refractivity contribution is 8.00. The van der Waals surface area contributed by atoms with Crippen molar-refractivity contribution in [1.29, 1.82) is 0 Å². The third-order valence-corrected chi connectivity index (χ3v) is 5.93. The molecule has 4 rings (SSSR count). The average Bonchev–Trinajstić information content (AvgIpc) is 3.02. The van der Waals surface area contributed by atoms with Crippen LogP contribution in [-0.4, -0.2) is 15.2 Å². The van der Waals surface area contributed by atoms with E-state index in [1.807, 2.05) is 11.8 Å². The van der Waals surface area contributed by atoms with Gasteiger partial charge >= 0.3 is 0 Å². The number of rotatable bonds is 2. The van der Waals surface area contributed by atoms with Crippen molar-refractivity contribution in [1.82, 2.24) is 9.97 Å². The fourth-order valence-electron chi connectivity index (χ4n) is 3.57. The Hall–Kier alpha value is -1.16. The van der Waals surface area contributed by atoms with Crippen molar-refractivity contribution in [3.05, 3.63) is 30.3 Å². The second-order valence-corrected chi connectivity index (χ2v) is 6.90. The van der Waals surface area contributed by atoms with Crippen molar-refractivity contribution in [3.8, 4) is 0 Å². The van der Waals surface area contributed by atoms with Gasteiger partial charge in [-0.25, -0.2) is 14.4 Å². The van der Waals surface area contributed by atoms with Crippen LogP contribution in [0.2, 0.25) is 0 Å². The Labute approximate surface area is 115 Å². The SMILES string of the molecule is Fc1ccc2ncnc(SC3CC4CCC3C4)c2c1. The number of benzene rings is 1. The number of thioether (sulfide) groups is 1. The topological polar surface area (TPSA) is 25.8 Å². The molecule has 2 aliphatic rings. The van der Waals surface area contributed by atoms with Gasteiger partial charge in [-0.3, -0.25) is 0 Å². The molecule has 2 saturated carbocycles. The molecule has 0 amide bonds. The number of aromatic nitrogens is 2. The monoisotopic (exact) mass is 274 g/mol. The summed E-state index contributed by atoms with van der Waals surface area (Å²) in [5.41, 5.74) is 0.835. The molecule has 3 atom stereocenters. The Morgan fingerprint density at radius 1 is 1.16 bits per heavy atom. The number of hydrogen-bond donors (Lipinski definition) is 0. The van der Waals surface area contributed by atoms with Crippen molar-refractivity contribution in [2.24, 2.45) is 11.8 Å². The van der Waals surface area contributed by atoms with E-state index in [0.29, 0.717) is 5.25 Å². The lowest BCUT2D eigenvalue weighted by molar-refractivity contribution is 0.492. The first kappa shape index (κ1) is 11.6. The summed E-state index contributed by atoms with van der Waals surface area (Å²) in [6, 6.07) is 4.75. The van der Waals surface area contributed by atoms with Gasteiger partial charge in [0.15, 0.2) is 0 Å². The third-order valence-electron chi connectivity index (χ3n) is 4.50. The van der Waals surface area contributed by atoms with E-state index >= 15 is 0 Å². The Morgan fingerprint density at radius 2 is 2.11 bits per heavy atom. The van der Waals surface area contributed by atoms with Crippen LogP contribution in [0.3, 0.4) is 0 Å². The van der Waals surface area contributed by atoms with Gasteiger partial charge in [0.2, 0.25) is 0 Å². The smallest absolute Gasteiger partial charge is 0.124 e. The van der Waals surface area contributed by atoms with Gasteiger partial charge in [0.25, 0.3) is 0 Å². The van der Waals surface area contributed by atoms with Crippen LogP contribution in [-0.2, 0) is 0 Å². The molecule has 2 fully saturated rings. The summed E-state index contributed by atoms with van der Waals surface area (Å²) < 4.78 is 13.4. The van der Waals surface area contributed by atoms with Crippen LogP contribution >= 0.6 is 11.8 Å². The van der Waals surface area contributed by atoms with Crippen LogP contribution in [0, 0.1) is 17.7 Å². The summed E-state index contributed by atoms with van der Waals surface area (Å²) in [6.07, 6.45) is 7.04. The largest absolute Gasteiger partial charge is 0.236 e. The van der Waals surface area contributed by atoms with Crippen LogP contribution < -0.4 is 0 Å². The van der Waals surface area contributed by atoms with E-state index < -0.39 is 0 Å². The molecule has 2 bridgehead atoms. The second kappa shape index (κ2) is 4.44. The van der Waals surface area contributed by atoms with E-state index in [-0.39, 0.29) is 5.82 Å². The van der Waals surface area contributed by atoms with Gasteiger partial charge < -0.3 is 0 Å². The molecule has 2 aliphatic carbocycles. The molecule has 19 heavy (non-hydrogen) atoms. The molecule has 0 N–H and O–H groups in total. The first-order chi connectivity index (χ1) is 9.29. The molecule has 1 aromatic carbocycles. The molecular weight excluding hydrogens is 259 g/mol. The second-order valence-electron chi connectivity index (χ2n) is 5.67. The summed E-state index contributed by atoms with van der Waals surface area (Å²) in [5, 5.41) is 2.47. The van der Waals surface area contributed by atoms with Gasteiger partial charge in [0.1, 0.15) is 17.2 Å². The molecule has 98 valence electrons. The number of halogens is 1. The first-order valence-electron chi connectivity index (χ1n) is 6.86. The van der Waals surface area contributed by atoms with Gasteiger partial charge in [-0.15, -0.1) is 11.8 Å². The van der Waals surface area contributed by atoms with Crippen LogP contribution in [0.1, 0.15) is 25.7 Å². The molecule has 0 spiro atoms. The van der Waals surface area contributed by atoms with Gasteiger partial charge in [-0.2, -0.15) is 0 Å². The molecule has 0 saturated heterocycles. The summed E-state index contributed by atoms with van der Waals surface area (Å²) in [5.74, 6) is 1.55. The van der Waals surface area contributed by atoms with E-state index in [2.05, 4.69) is 9.97 Å². The minimum absolute atomic E-state index is 0.211. The van der Waals surface area contributed by atoms with Crippen LogP contribution in [0.5, 0.6) is 0 Å².